The second kappa shape index (κ2) is 4.38. The smallest absolute Gasteiger partial charge is 0.0398 e. The van der Waals surface area contributed by atoms with Crippen molar-refractivity contribution in [2.24, 2.45) is 0 Å². The highest BCUT2D eigenvalue weighted by Gasteiger charge is 1.67. The van der Waals surface area contributed by atoms with Crippen LogP contribution in [0.4, 0.5) is 0 Å². The molecule has 8 heavy (non-hydrogen) atoms. The molecule has 0 aromatic carbocycles. The largest absolute Gasteiger partial charge is 0.0877 e. The van der Waals surface area contributed by atoms with Crippen LogP contribution >= 0.6 is 0 Å². The van der Waals surface area contributed by atoms with Gasteiger partial charge in [-0.1, -0.05) is 36.5 Å². The quantitative estimate of drug-likeness (QED) is 0.475. The summed E-state index contributed by atoms with van der Waals surface area (Å²) in [6.07, 6.45) is 7.67. The van der Waals surface area contributed by atoms with Gasteiger partial charge in [0.05, 0.1) is 0 Å². The highest BCUT2D eigenvalue weighted by molar-refractivity contribution is 5.14. The number of hydrogen-bond acceptors (Lipinski definition) is 0. The van der Waals surface area contributed by atoms with Crippen LogP contribution in [-0.4, -0.2) is 0 Å². The van der Waals surface area contributed by atoms with Gasteiger partial charge in [-0.2, -0.15) is 0 Å². The molecule has 1 radical (unpaired) electrons. The lowest BCUT2D eigenvalue weighted by molar-refractivity contribution is 1.54. The molecule has 0 bridgehead atoms. The minimum Gasteiger partial charge on any atom is -0.0877 e. The Hall–Kier alpha value is -0.780. The summed E-state index contributed by atoms with van der Waals surface area (Å²) in [6.45, 7) is 9.16. The van der Waals surface area contributed by atoms with Gasteiger partial charge in [-0.25, -0.2) is 0 Å². The predicted octanol–water partition coefficient (Wildman–Crippen LogP) is 2.50. The van der Waals surface area contributed by atoms with Gasteiger partial charge in [0.15, 0.2) is 0 Å². The van der Waals surface area contributed by atoms with Gasteiger partial charge < -0.3 is 0 Å². The molecule has 0 nitrogen and oxygen atoms in total. The van der Waals surface area contributed by atoms with Gasteiger partial charge in [0.25, 0.3) is 0 Å². The fraction of sp³-hybridized carbons (Fsp3) is 0.250. The fourth-order valence-electron chi connectivity index (χ4n) is 0.318. The minimum absolute atomic E-state index is 0.836. The van der Waals surface area contributed by atoms with Crippen molar-refractivity contribution in [3.63, 3.8) is 0 Å². The summed E-state index contributed by atoms with van der Waals surface area (Å²) in [5.41, 5.74) is 0.836. The first-order valence-corrected chi connectivity index (χ1v) is 2.65. The van der Waals surface area contributed by atoms with E-state index >= 15 is 0 Å². The van der Waals surface area contributed by atoms with E-state index in [4.69, 9.17) is 6.58 Å². The maximum Gasteiger partial charge on any atom is -0.0398 e. The van der Waals surface area contributed by atoms with E-state index in [-0.39, 0.29) is 0 Å². The van der Waals surface area contributed by atoms with E-state index in [1.165, 1.54) is 0 Å². The molecule has 0 amide bonds. The third kappa shape index (κ3) is 5.22. The summed E-state index contributed by atoms with van der Waals surface area (Å²) >= 11 is 0. The first-order chi connectivity index (χ1) is 3.77. The van der Waals surface area contributed by atoms with E-state index in [0.717, 1.165) is 5.57 Å². The van der Waals surface area contributed by atoms with E-state index in [1.54, 1.807) is 0 Å². The highest BCUT2D eigenvalue weighted by atomic mass is 13.7. The topological polar surface area (TPSA) is 0 Å². The highest BCUT2D eigenvalue weighted by Crippen LogP contribution is 1.87. The van der Waals surface area contributed by atoms with Gasteiger partial charge in [-0.05, 0) is 13.8 Å². The summed E-state index contributed by atoms with van der Waals surface area (Å²) in [5.74, 6) is 0. The molecule has 0 rings (SSSR count). The first kappa shape index (κ1) is 7.22. The van der Waals surface area contributed by atoms with E-state index in [1.807, 2.05) is 38.2 Å². The molecule has 0 atom stereocenters. The summed E-state index contributed by atoms with van der Waals surface area (Å²) in [7, 11) is 0. The van der Waals surface area contributed by atoms with E-state index < -0.39 is 0 Å². The average molecular weight is 107 g/mol. The van der Waals surface area contributed by atoms with Gasteiger partial charge >= 0.3 is 0 Å². The van der Waals surface area contributed by atoms with Crippen molar-refractivity contribution in [2.75, 3.05) is 0 Å². The molecule has 0 spiro atoms. The third-order valence-electron chi connectivity index (χ3n) is 0.663. The zero-order chi connectivity index (χ0) is 6.41. The minimum atomic E-state index is 0.836. The molecule has 0 aliphatic carbocycles. The van der Waals surface area contributed by atoms with Crippen LogP contribution in [0.3, 0.4) is 0 Å². The Morgan fingerprint density at radius 3 is 2.38 bits per heavy atom. The molecule has 0 aromatic heterocycles. The molecule has 0 unspecified atom stereocenters. The molecule has 0 saturated carbocycles. The number of rotatable bonds is 2. The zero-order valence-corrected chi connectivity index (χ0v) is 5.39. The summed E-state index contributed by atoms with van der Waals surface area (Å²) in [6, 6.07) is 0. The lowest BCUT2D eigenvalue weighted by atomic mass is 10.3. The molecule has 0 fully saturated rings. The van der Waals surface area contributed by atoms with Crippen LogP contribution in [0.15, 0.2) is 29.9 Å². The molecule has 0 heteroatoms. The molecule has 43 valence electrons. The van der Waals surface area contributed by atoms with Gasteiger partial charge in [-0.3, -0.25) is 0 Å². The average Bonchev–Trinajstić information content (AvgIpc) is 1.66. The van der Waals surface area contributed by atoms with E-state index in [9.17, 15) is 0 Å². The van der Waals surface area contributed by atoms with Gasteiger partial charge in [-0.15, -0.1) is 0 Å². The van der Waals surface area contributed by atoms with E-state index in [2.05, 4.69) is 0 Å². The Bertz CT molecular complexity index is 116. The molecule has 0 N–H and O–H groups in total. The van der Waals surface area contributed by atoms with Gasteiger partial charge in [0.1, 0.15) is 0 Å². The Morgan fingerprint density at radius 1 is 1.38 bits per heavy atom. The molecule has 0 heterocycles. The summed E-state index contributed by atoms with van der Waals surface area (Å²) < 4.78 is 0. The van der Waals surface area contributed by atoms with Gasteiger partial charge in [0.2, 0.25) is 0 Å². The summed E-state index contributed by atoms with van der Waals surface area (Å²) in [4.78, 5) is 0. The monoisotopic (exact) mass is 107 g/mol. The molecule has 0 aliphatic heterocycles. The second-order valence-corrected chi connectivity index (χ2v) is 1.63. The SMILES string of the molecule is [CH]=C(C)/C=C/C=C/C. The Morgan fingerprint density at radius 2 is 2.00 bits per heavy atom. The Kier molecular flexibility index (Phi) is 3.95. The van der Waals surface area contributed by atoms with Crippen LogP contribution in [0.25, 0.3) is 0 Å². The van der Waals surface area contributed by atoms with Crippen molar-refractivity contribution >= 4 is 0 Å². The lowest BCUT2D eigenvalue weighted by Crippen LogP contribution is -1.57. The predicted molar refractivity (Wildman–Crippen MR) is 37.4 cm³/mol. The fourth-order valence-corrected chi connectivity index (χ4v) is 0.318. The number of allylic oxidation sites excluding steroid dienone is 5. The molecular formula is C8H11. The van der Waals surface area contributed by atoms with Crippen molar-refractivity contribution in [1.29, 1.82) is 0 Å². The van der Waals surface area contributed by atoms with Crippen LogP contribution in [0.2, 0.25) is 0 Å². The van der Waals surface area contributed by atoms with Crippen molar-refractivity contribution < 1.29 is 0 Å². The van der Waals surface area contributed by atoms with Crippen molar-refractivity contribution in [3.05, 3.63) is 36.5 Å². The molecule has 0 aromatic rings. The second-order valence-electron chi connectivity index (χ2n) is 1.63. The first-order valence-electron chi connectivity index (χ1n) is 2.65. The Balaban J connectivity index is 3.50. The Labute approximate surface area is 51.2 Å². The number of hydrogen-bond donors (Lipinski definition) is 0. The van der Waals surface area contributed by atoms with Crippen molar-refractivity contribution in [1.82, 2.24) is 0 Å². The standard InChI is InChI=1S/C8H11/c1-4-5-6-7-8(2)3/h2,4-7H,1,3H3/b5-4+,7-6+,8-2?. The zero-order valence-electron chi connectivity index (χ0n) is 5.39. The molecular weight excluding hydrogens is 96.1 g/mol. The van der Waals surface area contributed by atoms with Crippen LogP contribution in [0, 0.1) is 6.58 Å². The van der Waals surface area contributed by atoms with Crippen LogP contribution in [0.1, 0.15) is 13.8 Å². The van der Waals surface area contributed by atoms with Crippen LogP contribution < -0.4 is 0 Å². The summed E-state index contributed by atoms with van der Waals surface area (Å²) in [5, 5.41) is 0. The van der Waals surface area contributed by atoms with Crippen LogP contribution in [0.5, 0.6) is 0 Å². The normalized spacial score (nSPS) is 11.2. The van der Waals surface area contributed by atoms with Crippen LogP contribution in [-0.2, 0) is 0 Å². The van der Waals surface area contributed by atoms with Crippen molar-refractivity contribution in [3.8, 4) is 0 Å². The maximum atomic E-state index is 5.33. The van der Waals surface area contributed by atoms with Crippen molar-refractivity contribution in [2.45, 2.75) is 13.8 Å². The van der Waals surface area contributed by atoms with Gasteiger partial charge in [0, 0.05) is 0 Å². The maximum absolute atomic E-state index is 5.33. The molecule has 0 aliphatic rings. The lowest BCUT2D eigenvalue weighted by Gasteiger charge is -1.77. The third-order valence-corrected chi connectivity index (χ3v) is 0.663. The molecule has 0 saturated heterocycles. The van der Waals surface area contributed by atoms with E-state index in [0.29, 0.717) is 0 Å².